The zero-order chi connectivity index (χ0) is 14.1. The van der Waals surface area contributed by atoms with Crippen LogP contribution in [-0.2, 0) is 13.0 Å². The number of nitrogen functional groups attached to an aromatic ring is 1. The summed E-state index contributed by atoms with van der Waals surface area (Å²) in [5.74, 6) is 0.584. The smallest absolute Gasteiger partial charge is 0.201 e. The molecule has 0 saturated carbocycles. The third-order valence-electron chi connectivity index (χ3n) is 3.84. The van der Waals surface area contributed by atoms with Crippen molar-refractivity contribution < 1.29 is 0 Å². The van der Waals surface area contributed by atoms with Crippen LogP contribution in [0.25, 0.3) is 11.0 Å². The first-order valence-corrected chi connectivity index (χ1v) is 6.98. The predicted octanol–water partition coefficient (Wildman–Crippen LogP) is 3.54. The molecule has 3 nitrogen and oxygen atoms in total. The molecule has 2 aromatic carbocycles. The fourth-order valence-corrected chi connectivity index (χ4v) is 2.70. The molecule has 3 aromatic rings. The van der Waals surface area contributed by atoms with Crippen molar-refractivity contribution >= 4 is 17.0 Å². The van der Waals surface area contributed by atoms with Gasteiger partial charge >= 0.3 is 0 Å². The van der Waals surface area contributed by atoms with Gasteiger partial charge in [-0.15, -0.1) is 0 Å². The molecule has 20 heavy (non-hydrogen) atoms. The molecule has 0 radical (unpaired) electrons. The highest BCUT2D eigenvalue weighted by Crippen LogP contribution is 2.23. The molecule has 1 heterocycles. The van der Waals surface area contributed by atoms with E-state index in [2.05, 4.69) is 65.9 Å². The Morgan fingerprint density at radius 3 is 2.55 bits per heavy atom. The summed E-state index contributed by atoms with van der Waals surface area (Å²) in [6, 6.07) is 14.7. The molecule has 0 fully saturated rings. The summed E-state index contributed by atoms with van der Waals surface area (Å²) in [5.41, 5.74) is 12.1. The molecule has 1 aromatic heterocycles. The van der Waals surface area contributed by atoms with Gasteiger partial charge in [-0.3, -0.25) is 0 Å². The van der Waals surface area contributed by atoms with Gasteiger partial charge in [0.25, 0.3) is 0 Å². The van der Waals surface area contributed by atoms with Crippen molar-refractivity contribution in [2.45, 2.75) is 26.8 Å². The third-order valence-corrected chi connectivity index (χ3v) is 3.84. The van der Waals surface area contributed by atoms with Gasteiger partial charge in [0.2, 0.25) is 5.95 Å². The van der Waals surface area contributed by atoms with Gasteiger partial charge in [0.15, 0.2) is 0 Å². The van der Waals surface area contributed by atoms with Gasteiger partial charge in [-0.05, 0) is 36.1 Å². The number of rotatable bonds is 3. The predicted molar refractivity (Wildman–Crippen MR) is 83.8 cm³/mol. The minimum atomic E-state index is 0.584. The number of hydrogen-bond acceptors (Lipinski definition) is 2. The molecule has 0 bridgehead atoms. The summed E-state index contributed by atoms with van der Waals surface area (Å²) < 4.78 is 2.09. The molecule has 0 aliphatic rings. The van der Waals surface area contributed by atoms with Crippen LogP contribution in [-0.4, -0.2) is 9.55 Å². The molecular weight excluding hydrogens is 246 g/mol. The van der Waals surface area contributed by atoms with Crippen LogP contribution in [0.1, 0.15) is 23.6 Å². The molecule has 3 rings (SSSR count). The van der Waals surface area contributed by atoms with E-state index in [1.807, 2.05) is 0 Å². The summed E-state index contributed by atoms with van der Waals surface area (Å²) in [6.07, 6.45) is 1.03. The lowest BCUT2D eigenvalue weighted by Gasteiger charge is -2.10. The fourth-order valence-electron chi connectivity index (χ4n) is 2.70. The third kappa shape index (κ3) is 2.05. The molecule has 2 N–H and O–H groups in total. The van der Waals surface area contributed by atoms with Gasteiger partial charge in [-0.1, -0.05) is 43.3 Å². The Kier molecular flexibility index (Phi) is 3.18. The number of fused-ring (bicyclic) bond motifs is 1. The van der Waals surface area contributed by atoms with E-state index in [1.165, 1.54) is 11.1 Å². The maximum atomic E-state index is 6.11. The highest BCUT2D eigenvalue weighted by molar-refractivity contribution is 5.81. The van der Waals surface area contributed by atoms with E-state index in [1.54, 1.807) is 0 Å². The van der Waals surface area contributed by atoms with E-state index in [9.17, 15) is 0 Å². The maximum absolute atomic E-state index is 6.11. The Hall–Kier alpha value is -2.29. The van der Waals surface area contributed by atoms with Gasteiger partial charge in [0, 0.05) is 0 Å². The summed E-state index contributed by atoms with van der Waals surface area (Å²) in [5, 5.41) is 0. The average Bonchev–Trinajstić information content (AvgIpc) is 2.78. The van der Waals surface area contributed by atoms with Crippen molar-refractivity contribution in [3.8, 4) is 0 Å². The van der Waals surface area contributed by atoms with Crippen LogP contribution in [0.4, 0.5) is 5.95 Å². The Morgan fingerprint density at radius 2 is 1.80 bits per heavy atom. The number of nitrogens with zero attached hydrogens (tertiary/aromatic N) is 2. The number of imidazole rings is 1. The second-order valence-electron chi connectivity index (χ2n) is 5.12. The molecule has 0 unspecified atom stereocenters. The fraction of sp³-hybridized carbons (Fsp3) is 0.235. The van der Waals surface area contributed by atoms with E-state index >= 15 is 0 Å². The van der Waals surface area contributed by atoms with Gasteiger partial charge in [0.1, 0.15) is 0 Å². The van der Waals surface area contributed by atoms with Crippen molar-refractivity contribution in [2.75, 3.05) is 5.73 Å². The number of para-hydroxylation sites is 1. The molecule has 0 spiro atoms. The largest absolute Gasteiger partial charge is 0.369 e. The average molecular weight is 265 g/mol. The molecule has 102 valence electrons. The van der Waals surface area contributed by atoms with Crippen LogP contribution in [0.2, 0.25) is 0 Å². The highest BCUT2D eigenvalue weighted by Gasteiger charge is 2.11. The Labute approximate surface area is 119 Å². The number of anilines is 1. The monoisotopic (exact) mass is 265 g/mol. The van der Waals surface area contributed by atoms with Crippen molar-refractivity contribution in [1.29, 1.82) is 0 Å². The topological polar surface area (TPSA) is 43.8 Å². The molecule has 0 amide bonds. The lowest BCUT2D eigenvalue weighted by Crippen LogP contribution is -2.06. The molecule has 3 heteroatoms. The van der Waals surface area contributed by atoms with Crippen molar-refractivity contribution in [2.24, 2.45) is 0 Å². The quantitative estimate of drug-likeness (QED) is 0.787. The van der Waals surface area contributed by atoms with Crippen LogP contribution in [0.15, 0.2) is 42.5 Å². The molecule has 0 aliphatic carbocycles. The van der Waals surface area contributed by atoms with Crippen LogP contribution in [0.5, 0.6) is 0 Å². The second kappa shape index (κ2) is 5.00. The minimum absolute atomic E-state index is 0.584. The minimum Gasteiger partial charge on any atom is -0.369 e. The van der Waals surface area contributed by atoms with E-state index < -0.39 is 0 Å². The van der Waals surface area contributed by atoms with Crippen molar-refractivity contribution in [1.82, 2.24) is 9.55 Å². The summed E-state index contributed by atoms with van der Waals surface area (Å²) in [7, 11) is 0. The van der Waals surface area contributed by atoms with Gasteiger partial charge in [-0.25, -0.2) is 4.98 Å². The Morgan fingerprint density at radius 1 is 1.05 bits per heavy atom. The molecule has 0 aliphatic heterocycles. The molecular formula is C17H19N3. The van der Waals surface area contributed by atoms with Crippen LogP contribution < -0.4 is 5.73 Å². The summed E-state index contributed by atoms with van der Waals surface area (Å²) in [4.78, 5) is 4.51. The van der Waals surface area contributed by atoms with Crippen LogP contribution >= 0.6 is 0 Å². The first-order chi connectivity index (χ1) is 9.70. The lowest BCUT2D eigenvalue weighted by molar-refractivity contribution is 0.825. The molecule has 0 saturated heterocycles. The van der Waals surface area contributed by atoms with Gasteiger partial charge in [-0.2, -0.15) is 0 Å². The van der Waals surface area contributed by atoms with E-state index in [0.717, 1.165) is 29.6 Å². The number of nitrogens with two attached hydrogens (primary N) is 1. The maximum Gasteiger partial charge on any atom is 0.201 e. The SMILES string of the molecule is CCc1ccccc1Cn1c(N)nc2c(C)cccc21. The number of aryl methyl sites for hydroxylation is 2. The first-order valence-electron chi connectivity index (χ1n) is 6.98. The van der Waals surface area contributed by atoms with Crippen LogP contribution in [0.3, 0.4) is 0 Å². The van der Waals surface area contributed by atoms with E-state index in [-0.39, 0.29) is 0 Å². The Balaban J connectivity index is 2.11. The van der Waals surface area contributed by atoms with Crippen molar-refractivity contribution in [3.63, 3.8) is 0 Å². The second-order valence-corrected chi connectivity index (χ2v) is 5.12. The number of benzene rings is 2. The van der Waals surface area contributed by atoms with Gasteiger partial charge < -0.3 is 10.3 Å². The standard InChI is InChI=1S/C17H19N3/c1-3-13-8-4-5-9-14(13)11-20-15-10-6-7-12(2)16(15)19-17(20)18/h4-10H,3,11H2,1-2H3,(H2,18,19). The summed E-state index contributed by atoms with van der Waals surface area (Å²) >= 11 is 0. The van der Waals surface area contributed by atoms with E-state index in [4.69, 9.17) is 5.73 Å². The number of hydrogen-bond donors (Lipinski definition) is 1. The number of aromatic nitrogens is 2. The first kappa shape index (κ1) is 12.7. The summed E-state index contributed by atoms with van der Waals surface area (Å²) in [6.45, 7) is 5.02. The Bertz CT molecular complexity index is 756. The highest BCUT2D eigenvalue weighted by atomic mass is 15.1. The zero-order valence-electron chi connectivity index (χ0n) is 11.9. The molecule has 0 atom stereocenters. The lowest BCUT2D eigenvalue weighted by atomic mass is 10.1. The van der Waals surface area contributed by atoms with Crippen LogP contribution in [0, 0.1) is 6.92 Å². The normalized spacial score (nSPS) is 11.1. The zero-order valence-corrected chi connectivity index (χ0v) is 11.9. The van der Waals surface area contributed by atoms with E-state index in [0.29, 0.717) is 5.95 Å². The van der Waals surface area contributed by atoms with Gasteiger partial charge in [0.05, 0.1) is 17.6 Å². The van der Waals surface area contributed by atoms with Crippen molar-refractivity contribution in [3.05, 3.63) is 59.2 Å².